The number of hydrogen-bond donors (Lipinski definition) is 1. The first kappa shape index (κ1) is 17.6. The Morgan fingerprint density at radius 2 is 2.05 bits per heavy atom. The molecule has 0 aliphatic carbocycles. The van der Waals surface area contributed by atoms with Gasteiger partial charge in [0.15, 0.2) is 13.4 Å². The van der Waals surface area contributed by atoms with Gasteiger partial charge >= 0.3 is 0 Å². The quantitative estimate of drug-likeness (QED) is 0.667. The number of nitrogens with zero attached hydrogens (tertiary/aromatic N) is 2. The molecule has 0 atom stereocenters. The number of halogens is 1. The summed E-state index contributed by atoms with van der Waals surface area (Å²) in [5.74, 6) is 0.790. The molecule has 0 aliphatic heterocycles. The topological polar surface area (TPSA) is 47.0 Å². The van der Waals surface area contributed by atoms with E-state index in [0.29, 0.717) is 6.61 Å². The SMILES string of the molecule is CC(C)(C)[Si](C)(C)OCc1cccc(Nc2ncc(Br)s2)n1. The number of thiazole rings is 1. The smallest absolute Gasteiger partial charge is 0.192 e. The Bertz CT molecular complexity index is 640. The molecule has 0 aliphatic rings. The van der Waals surface area contributed by atoms with Crippen molar-refractivity contribution < 1.29 is 4.43 Å². The van der Waals surface area contributed by atoms with Crippen molar-refractivity contribution in [2.45, 2.75) is 45.5 Å². The molecule has 120 valence electrons. The van der Waals surface area contributed by atoms with Crippen LogP contribution in [0, 0.1) is 0 Å². The maximum absolute atomic E-state index is 6.22. The van der Waals surface area contributed by atoms with Crippen molar-refractivity contribution >= 4 is 46.5 Å². The molecule has 0 saturated carbocycles. The summed E-state index contributed by atoms with van der Waals surface area (Å²) in [6.45, 7) is 11.8. The van der Waals surface area contributed by atoms with Crippen molar-refractivity contribution in [2.75, 3.05) is 5.32 Å². The van der Waals surface area contributed by atoms with Gasteiger partial charge in [-0.15, -0.1) is 0 Å². The van der Waals surface area contributed by atoms with Gasteiger partial charge < -0.3 is 9.74 Å². The predicted molar refractivity (Wildman–Crippen MR) is 99.3 cm³/mol. The first-order valence-electron chi connectivity index (χ1n) is 7.16. The molecule has 0 fully saturated rings. The lowest BCUT2D eigenvalue weighted by molar-refractivity contribution is 0.272. The van der Waals surface area contributed by atoms with E-state index in [2.05, 4.69) is 65.1 Å². The molecular formula is C15H22BrN3OSSi. The second-order valence-electron chi connectivity index (χ2n) is 6.66. The van der Waals surface area contributed by atoms with Crippen LogP contribution in [0.25, 0.3) is 0 Å². The predicted octanol–water partition coefficient (Wildman–Crippen LogP) is 5.57. The van der Waals surface area contributed by atoms with Gasteiger partial charge in [0.2, 0.25) is 0 Å². The standard InChI is InChI=1S/C15H22BrN3OSSi/c1-15(2,3)22(4,5)20-10-11-7-6-8-13(18-11)19-14-17-9-12(16)21-14/h6-9H,10H2,1-5H3,(H,17,18,19). The summed E-state index contributed by atoms with van der Waals surface area (Å²) in [7, 11) is -1.75. The maximum Gasteiger partial charge on any atom is 0.192 e. The number of aromatic nitrogens is 2. The van der Waals surface area contributed by atoms with Crippen molar-refractivity contribution in [1.82, 2.24) is 9.97 Å². The minimum Gasteiger partial charge on any atom is -0.411 e. The lowest BCUT2D eigenvalue weighted by atomic mass is 10.2. The van der Waals surface area contributed by atoms with Gasteiger partial charge in [0.05, 0.1) is 22.3 Å². The van der Waals surface area contributed by atoms with Crippen molar-refractivity contribution in [3.8, 4) is 0 Å². The first-order valence-corrected chi connectivity index (χ1v) is 11.7. The van der Waals surface area contributed by atoms with Crippen LogP contribution in [-0.4, -0.2) is 18.3 Å². The Morgan fingerprint density at radius 3 is 2.64 bits per heavy atom. The fourth-order valence-corrected chi connectivity index (χ4v) is 3.58. The molecule has 2 aromatic heterocycles. The Balaban J connectivity index is 2.03. The summed E-state index contributed by atoms with van der Waals surface area (Å²) in [6.07, 6.45) is 1.78. The molecule has 2 rings (SSSR count). The zero-order valence-corrected chi connectivity index (χ0v) is 17.0. The molecule has 22 heavy (non-hydrogen) atoms. The molecule has 1 N–H and O–H groups in total. The van der Waals surface area contributed by atoms with Crippen molar-refractivity contribution in [2.24, 2.45) is 0 Å². The molecule has 0 aromatic carbocycles. The molecule has 7 heteroatoms. The summed E-state index contributed by atoms with van der Waals surface area (Å²) in [5, 5.41) is 4.24. The lowest BCUT2D eigenvalue weighted by Crippen LogP contribution is -2.40. The van der Waals surface area contributed by atoms with E-state index in [9.17, 15) is 0 Å². The normalized spacial score (nSPS) is 12.5. The van der Waals surface area contributed by atoms with E-state index in [1.165, 1.54) is 11.3 Å². The summed E-state index contributed by atoms with van der Waals surface area (Å²) < 4.78 is 7.21. The minimum absolute atomic E-state index is 0.204. The largest absolute Gasteiger partial charge is 0.411 e. The molecule has 0 unspecified atom stereocenters. The molecule has 0 bridgehead atoms. The molecular weight excluding hydrogens is 378 g/mol. The average molecular weight is 400 g/mol. The highest BCUT2D eigenvalue weighted by atomic mass is 79.9. The zero-order chi connectivity index (χ0) is 16.4. The van der Waals surface area contributed by atoms with Gasteiger partial charge in [-0.2, -0.15) is 0 Å². The van der Waals surface area contributed by atoms with Crippen LogP contribution in [0.1, 0.15) is 26.5 Å². The molecule has 0 amide bonds. The Labute approximate surface area is 145 Å². The number of pyridine rings is 1. The Kier molecular flexibility index (Phi) is 5.42. The fourth-order valence-electron chi connectivity index (χ4n) is 1.52. The summed E-state index contributed by atoms with van der Waals surface area (Å²) in [5.41, 5.74) is 0.936. The maximum atomic E-state index is 6.22. The van der Waals surface area contributed by atoms with Crippen LogP contribution in [0.4, 0.5) is 10.9 Å². The van der Waals surface area contributed by atoms with E-state index in [-0.39, 0.29) is 5.04 Å². The van der Waals surface area contributed by atoms with Gasteiger partial charge in [-0.25, -0.2) is 9.97 Å². The van der Waals surface area contributed by atoms with Crippen LogP contribution in [0.5, 0.6) is 0 Å². The lowest BCUT2D eigenvalue weighted by Gasteiger charge is -2.36. The van der Waals surface area contributed by atoms with Crippen LogP contribution in [0.3, 0.4) is 0 Å². The van der Waals surface area contributed by atoms with Gasteiger partial charge in [0.25, 0.3) is 0 Å². The summed E-state index contributed by atoms with van der Waals surface area (Å²) >= 11 is 4.94. The van der Waals surface area contributed by atoms with Gasteiger partial charge in [0.1, 0.15) is 5.82 Å². The highest BCUT2D eigenvalue weighted by Crippen LogP contribution is 2.37. The van der Waals surface area contributed by atoms with Crippen molar-refractivity contribution in [1.29, 1.82) is 0 Å². The average Bonchev–Trinajstić information content (AvgIpc) is 2.81. The van der Waals surface area contributed by atoms with Crippen molar-refractivity contribution in [3.63, 3.8) is 0 Å². The molecule has 4 nitrogen and oxygen atoms in total. The van der Waals surface area contributed by atoms with E-state index in [1.807, 2.05) is 18.2 Å². The number of anilines is 2. The van der Waals surface area contributed by atoms with Gasteiger partial charge in [-0.05, 0) is 46.2 Å². The minimum atomic E-state index is -1.75. The van der Waals surface area contributed by atoms with Crippen molar-refractivity contribution in [3.05, 3.63) is 33.9 Å². The van der Waals surface area contributed by atoms with Gasteiger partial charge in [-0.1, -0.05) is 38.2 Å². The second-order valence-corrected chi connectivity index (χ2v) is 13.9. The Hall–Kier alpha value is -0.763. The monoisotopic (exact) mass is 399 g/mol. The third kappa shape index (κ3) is 4.61. The molecule has 0 radical (unpaired) electrons. The van der Waals surface area contributed by atoms with Crippen LogP contribution in [0.2, 0.25) is 18.1 Å². The number of hydrogen-bond acceptors (Lipinski definition) is 5. The van der Waals surface area contributed by atoms with E-state index in [1.54, 1.807) is 6.20 Å². The van der Waals surface area contributed by atoms with Crippen LogP contribution in [-0.2, 0) is 11.0 Å². The summed E-state index contributed by atoms with van der Waals surface area (Å²) in [4.78, 5) is 8.85. The highest BCUT2D eigenvalue weighted by molar-refractivity contribution is 9.11. The molecule has 2 heterocycles. The van der Waals surface area contributed by atoms with E-state index >= 15 is 0 Å². The van der Waals surface area contributed by atoms with E-state index < -0.39 is 8.32 Å². The van der Waals surface area contributed by atoms with E-state index in [0.717, 1.165) is 20.4 Å². The highest BCUT2D eigenvalue weighted by Gasteiger charge is 2.37. The molecule has 2 aromatic rings. The van der Waals surface area contributed by atoms with Crippen LogP contribution in [0.15, 0.2) is 28.2 Å². The third-order valence-electron chi connectivity index (χ3n) is 3.91. The Morgan fingerprint density at radius 1 is 1.32 bits per heavy atom. The number of nitrogens with one attached hydrogen (secondary N) is 1. The van der Waals surface area contributed by atoms with Gasteiger partial charge in [-0.3, -0.25) is 0 Å². The zero-order valence-electron chi connectivity index (χ0n) is 13.6. The summed E-state index contributed by atoms with van der Waals surface area (Å²) in [6, 6.07) is 5.92. The number of rotatable bonds is 5. The molecule has 0 spiro atoms. The van der Waals surface area contributed by atoms with Crippen LogP contribution >= 0.6 is 27.3 Å². The second kappa shape index (κ2) is 6.78. The fraction of sp³-hybridized carbons (Fsp3) is 0.467. The van der Waals surface area contributed by atoms with E-state index in [4.69, 9.17) is 4.43 Å². The first-order chi connectivity index (χ1) is 10.2. The van der Waals surface area contributed by atoms with Crippen LogP contribution < -0.4 is 5.32 Å². The third-order valence-corrected chi connectivity index (χ3v) is 9.78. The molecule has 0 saturated heterocycles. The van der Waals surface area contributed by atoms with Gasteiger partial charge in [0, 0.05) is 0 Å².